The standard InChI is InChI=1S/C11H14Cl2O3S/c1-8(2)5-6-16-10-4-3-9(12)7-11(10)17(13,14)15/h3-4,7-8H,5-6H2,1-2H3. The van der Waals surface area contributed by atoms with Gasteiger partial charge in [0.25, 0.3) is 9.05 Å². The summed E-state index contributed by atoms with van der Waals surface area (Å²) < 4.78 is 28.1. The normalized spacial score (nSPS) is 11.8. The molecule has 0 saturated carbocycles. The minimum absolute atomic E-state index is 0.0876. The van der Waals surface area contributed by atoms with Crippen molar-refractivity contribution in [3.05, 3.63) is 23.2 Å². The molecule has 0 aliphatic heterocycles. The molecule has 1 aromatic carbocycles. The molecule has 0 saturated heterocycles. The van der Waals surface area contributed by atoms with Crippen molar-refractivity contribution in [2.24, 2.45) is 5.92 Å². The molecule has 0 amide bonds. The van der Waals surface area contributed by atoms with Crippen LogP contribution in [0, 0.1) is 5.92 Å². The van der Waals surface area contributed by atoms with E-state index < -0.39 is 9.05 Å². The Bertz CT molecular complexity index is 483. The smallest absolute Gasteiger partial charge is 0.265 e. The van der Waals surface area contributed by atoms with Crippen LogP contribution in [0.1, 0.15) is 20.3 Å². The lowest BCUT2D eigenvalue weighted by Crippen LogP contribution is -2.04. The molecular weight excluding hydrogens is 283 g/mol. The summed E-state index contributed by atoms with van der Waals surface area (Å²) in [4.78, 5) is -0.0876. The van der Waals surface area contributed by atoms with Gasteiger partial charge in [0.05, 0.1) is 6.61 Å². The third kappa shape index (κ3) is 4.74. The maximum atomic E-state index is 11.3. The van der Waals surface area contributed by atoms with Crippen molar-refractivity contribution >= 4 is 31.3 Å². The van der Waals surface area contributed by atoms with Gasteiger partial charge in [0, 0.05) is 15.7 Å². The van der Waals surface area contributed by atoms with Gasteiger partial charge in [0.1, 0.15) is 10.6 Å². The fourth-order valence-corrected chi connectivity index (χ4v) is 2.43. The fourth-order valence-electron chi connectivity index (χ4n) is 1.20. The van der Waals surface area contributed by atoms with Crippen LogP contribution < -0.4 is 4.74 Å². The van der Waals surface area contributed by atoms with Crippen molar-refractivity contribution in [3.8, 4) is 5.75 Å². The molecular formula is C11H14Cl2O3S. The lowest BCUT2D eigenvalue weighted by molar-refractivity contribution is 0.283. The Hall–Kier alpha value is -0.450. The Morgan fingerprint density at radius 3 is 2.53 bits per heavy atom. The van der Waals surface area contributed by atoms with Gasteiger partial charge in [-0.05, 0) is 30.5 Å². The van der Waals surface area contributed by atoms with E-state index in [1.54, 1.807) is 6.07 Å². The van der Waals surface area contributed by atoms with Crippen LogP contribution in [0.5, 0.6) is 5.75 Å². The second kappa shape index (κ2) is 5.94. The molecule has 0 spiro atoms. The van der Waals surface area contributed by atoms with E-state index in [0.29, 0.717) is 17.5 Å². The predicted octanol–water partition coefficient (Wildman–Crippen LogP) is 3.69. The number of hydrogen-bond donors (Lipinski definition) is 0. The van der Waals surface area contributed by atoms with E-state index in [2.05, 4.69) is 13.8 Å². The van der Waals surface area contributed by atoms with Crippen molar-refractivity contribution in [2.75, 3.05) is 6.61 Å². The van der Waals surface area contributed by atoms with Gasteiger partial charge in [-0.1, -0.05) is 25.4 Å². The van der Waals surface area contributed by atoms with E-state index in [0.717, 1.165) is 6.42 Å². The molecule has 0 bridgehead atoms. The second-order valence-corrected chi connectivity index (χ2v) is 7.03. The summed E-state index contributed by atoms with van der Waals surface area (Å²) in [6.07, 6.45) is 0.838. The summed E-state index contributed by atoms with van der Waals surface area (Å²) in [6.45, 7) is 4.56. The Balaban J connectivity index is 2.92. The monoisotopic (exact) mass is 296 g/mol. The summed E-state index contributed by atoms with van der Waals surface area (Å²) in [7, 11) is 1.47. The molecule has 0 aromatic heterocycles. The van der Waals surface area contributed by atoms with Crippen molar-refractivity contribution in [3.63, 3.8) is 0 Å². The molecule has 17 heavy (non-hydrogen) atoms. The fraction of sp³-hybridized carbons (Fsp3) is 0.455. The molecule has 0 radical (unpaired) electrons. The van der Waals surface area contributed by atoms with Gasteiger partial charge in [-0.2, -0.15) is 0 Å². The average Bonchev–Trinajstić information content (AvgIpc) is 2.18. The maximum absolute atomic E-state index is 11.3. The van der Waals surface area contributed by atoms with Crippen LogP contribution in [0.3, 0.4) is 0 Å². The molecule has 0 aliphatic carbocycles. The van der Waals surface area contributed by atoms with E-state index in [1.165, 1.54) is 12.1 Å². The van der Waals surface area contributed by atoms with E-state index in [1.807, 2.05) is 0 Å². The first-order valence-electron chi connectivity index (χ1n) is 5.17. The van der Waals surface area contributed by atoms with Crippen LogP contribution in [0.25, 0.3) is 0 Å². The second-order valence-electron chi connectivity index (χ2n) is 4.06. The SMILES string of the molecule is CC(C)CCOc1ccc(Cl)cc1S(=O)(=O)Cl. The third-order valence-electron chi connectivity index (χ3n) is 2.12. The van der Waals surface area contributed by atoms with E-state index in [-0.39, 0.29) is 10.6 Å². The molecule has 3 nitrogen and oxygen atoms in total. The Morgan fingerprint density at radius 2 is 2.00 bits per heavy atom. The van der Waals surface area contributed by atoms with Crippen LogP contribution in [-0.4, -0.2) is 15.0 Å². The van der Waals surface area contributed by atoms with Crippen LogP contribution in [-0.2, 0) is 9.05 Å². The van der Waals surface area contributed by atoms with Crippen molar-refractivity contribution in [2.45, 2.75) is 25.2 Å². The van der Waals surface area contributed by atoms with E-state index >= 15 is 0 Å². The number of halogens is 2. The van der Waals surface area contributed by atoms with Gasteiger partial charge in [0.15, 0.2) is 0 Å². The van der Waals surface area contributed by atoms with Gasteiger partial charge < -0.3 is 4.74 Å². The molecule has 0 atom stereocenters. The van der Waals surface area contributed by atoms with Crippen molar-refractivity contribution in [1.29, 1.82) is 0 Å². The van der Waals surface area contributed by atoms with Gasteiger partial charge >= 0.3 is 0 Å². The number of benzene rings is 1. The molecule has 0 N–H and O–H groups in total. The highest BCUT2D eigenvalue weighted by Gasteiger charge is 2.17. The first-order valence-corrected chi connectivity index (χ1v) is 7.86. The van der Waals surface area contributed by atoms with Crippen molar-refractivity contribution in [1.82, 2.24) is 0 Å². The summed E-state index contributed by atoms with van der Waals surface area (Å²) in [5, 5.41) is 0.306. The first-order chi connectivity index (χ1) is 7.80. The third-order valence-corrected chi connectivity index (χ3v) is 3.70. The van der Waals surface area contributed by atoms with E-state index in [9.17, 15) is 8.42 Å². The van der Waals surface area contributed by atoms with Gasteiger partial charge in [-0.3, -0.25) is 0 Å². The summed E-state index contributed by atoms with van der Waals surface area (Å²) in [5.41, 5.74) is 0. The largest absolute Gasteiger partial charge is 0.492 e. The zero-order chi connectivity index (χ0) is 13.1. The lowest BCUT2D eigenvalue weighted by Gasteiger charge is -2.11. The maximum Gasteiger partial charge on any atom is 0.265 e. The highest BCUT2D eigenvalue weighted by Crippen LogP contribution is 2.30. The molecule has 0 heterocycles. The summed E-state index contributed by atoms with van der Waals surface area (Å²) >= 11 is 5.73. The average molecular weight is 297 g/mol. The molecule has 1 rings (SSSR count). The number of hydrogen-bond acceptors (Lipinski definition) is 3. The van der Waals surface area contributed by atoms with Gasteiger partial charge in [-0.25, -0.2) is 8.42 Å². The number of rotatable bonds is 5. The minimum atomic E-state index is -3.84. The Kier molecular flexibility index (Phi) is 5.10. The van der Waals surface area contributed by atoms with Crippen LogP contribution in [0.4, 0.5) is 0 Å². The zero-order valence-corrected chi connectivity index (χ0v) is 11.9. The van der Waals surface area contributed by atoms with Crippen LogP contribution in [0.2, 0.25) is 5.02 Å². The quantitative estimate of drug-likeness (QED) is 0.778. The van der Waals surface area contributed by atoms with Gasteiger partial charge in [-0.15, -0.1) is 0 Å². The molecule has 0 unspecified atom stereocenters. The Morgan fingerprint density at radius 1 is 1.35 bits per heavy atom. The lowest BCUT2D eigenvalue weighted by atomic mass is 10.1. The van der Waals surface area contributed by atoms with Gasteiger partial charge in [0.2, 0.25) is 0 Å². The molecule has 6 heteroatoms. The highest BCUT2D eigenvalue weighted by atomic mass is 35.7. The zero-order valence-electron chi connectivity index (χ0n) is 9.61. The predicted molar refractivity (Wildman–Crippen MR) is 69.4 cm³/mol. The molecule has 1 aromatic rings. The summed E-state index contributed by atoms with van der Waals surface area (Å²) in [6, 6.07) is 4.37. The molecule has 96 valence electrons. The topological polar surface area (TPSA) is 43.4 Å². The minimum Gasteiger partial charge on any atom is -0.492 e. The van der Waals surface area contributed by atoms with Crippen molar-refractivity contribution < 1.29 is 13.2 Å². The highest BCUT2D eigenvalue weighted by molar-refractivity contribution is 8.13. The van der Waals surface area contributed by atoms with Crippen LogP contribution in [0.15, 0.2) is 23.1 Å². The molecule has 0 fully saturated rings. The Labute approximate surface area is 111 Å². The number of ether oxygens (including phenoxy) is 1. The van der Waals surface area contributed by atoms with E-state index in [4.69, 9.17) is 27.0 Å². The van der Waals surface area contributed by atoms with Crippen LogP contribution >= 0.6 is 22.3 Å². The summed E-state index contributed by atoms with van der Waals surface area (Å²) in [5.74, 6) is 0.725. The first kappa shape index (κ1) is 14.6. The molecule has 0 aliphatic rings.